The van der Waals surface area contributed by atoms with Crippen molar-refractivity contribution in [3.8, 4) is 0 Å². The Morgan fingerprint density at radius 2 is 2.25 bits per heavy atom. The lowest BCUT2D eigenvalue weighted by molar-refractivity contribution is -0.135. The highest BCUT2D eigenvalue weighted by Crippen LogP contribution is 1.99. The number of ketones is 1. The average Bonchev–Trinajstić information content (AvgIpc) is 1.96. The van der Waals surface area contributed by atoms with E-state index in [1.54, 1.807) is 16.8 Å². The van der Waals surface area contributed by atoms with Crippen LogP contribution in [-0.2, 0) is 9.59 Å². The van der Waals surface area contributed by atoms with Gasteiger partial charge in [0.1, 0.15) is 0 Å². The second-order valence-corrected chi connectivity index (χ2v) is 2.99. The van der Waals surface area contributed by atoms with Crippen molar-refractivity contribution in [3.63, 3.8) is 0 Å². The molecule has 0 aliphatic carbocycles. The number of carbonyl (C=O) groups excluding carboxylic acids is 2. The molecule has 12 heavy (non-hydrogen) atoms. The molecule has 0 unspecified atom stereocenters. The molecule has 0 atom stereocenters. The van der Waals surface area contributed by atoms with Gasteiger partial charge in [-0.1, -0.05) is 0 Å². The molecular weight excluding hydrogens is 156 g/mol. The zero-order valence-corrected chi connectivity index (χ0v) is 7.12. The van der Waals surface area contributed by atoms with Crippen molar-refractivity contribution in [1.29, 1.82) is 0 Å². The third-order valence-corrected chi connectivity index (χ3v) is 1.92. The molecule has 0 saturated carbocycles. The highest BCUT2D eigenvalue weighted by molar-refractivity contribution is 5.85. The van der Waals surface area contributed by atoms with Gasteiger partial charge in [0.05, 0.1) is 13.1 Å². The number of nitrogens with zero attached hydrogens (tertiary/aromatic N) is 2. The number of amides is 1. The van der Waals surface area contributed by atoms with E-state index in [0.29, 0.717) is 13.1 Å². The lowest BCUT2D eigenvalue weighted by Crippen LogP contribution is -2.49. The molecule has 1 aliphatic rings. The first kappa shape index (κ1) is 9.19. The minimum absolute atomic E-state index is 0.0440. The van der Waals surface area contributed by atoms with Crippen molar-refractivity contribution in [1.82, 2.24) is 9.80 Å². The van der Waals surface area contributed by atoms with Crippen LogP contribution in [0.4, 0.5) is 0 Å². The van der Waals surface area contributed by atoms with E-state index in [9.17, 15) is 9.59 Å². The quantitative estimate of drug-likeness (QED) is 0.533. The van der Waals surface area contributed by atoms with Gasteiger partial charge in [0.2, 0.25) is 5.91 Å². The molecule has 0 aromatic rings. The van der Waals surface area contributed by atoms with Crippen molar-refractivity contribution >= 4 is 11.7 Å². The molecule has 1 rings (SSSR count). The number of Topliss-reactive ketones (excluding diaryl/α,β-unsaturated/α-hetero) is 1. The predicted octanol–water partition coefficient (Wildman–Crippen LogP) is -0.959. The monoisotopic (exact) mass is 168 g/mol. The van der Waals surface area contributed by atoms with Crippen LogP contribution in [0.5, 0.6) is 0 Å². The Bertz CT molecular complexity index is 203. The van der Waals surface area contributed by atoms with E-state index in [2.05, 4.69) is 0 Å². The Morgan fingerprint density at radius 3 is 2.75 bits per heavy atom. The standard InChI is InChI=1S/C8H12N2O2/c1-7(11)5-10-4-3-9(2)8(12)6-10/h1H,3-6H2,2H3. The van der Waals surface area contributed by atoms with Crippen LogP contribution in [0.3, 0.4) is 0 Å². The lowest BCUT2D eigenvalue weighted by atomic mass is 10.3. The molecule has 0 aromatic heterocycles. The normalized spacial score (nSPS) is 19.8. The number of carbonyl (C=O) groups is 2. The number of hydrogen-bond acceptors (Lipinski definition) is 3. The summed E-state index contributed by atoms with van der Waals surface area (Å²) in [6.45, 7) is 6.88. The Labute approximate surface area is 72.1 Å². The molecule has 1 saturated heterocycles. The van der Waals surface area contributed by atoms with Crippen LogP contribution >= 0.6 is 0 Å². The van der Waals surface area contributed by atoms with Gasteiger partial charge in [0.25, 0.3) is 0 Å². The minimum Gasteiger partial charge on any atom is -0.343 e. The SMILES string of the molecule is [CH]C(=O)CN1CCN(C)C(=O)C1. The summed E-state index contributed by atoms with van der Waals surface area (Å²) in [5.41, 5.74) is 0. The Morgan fingerprint density at radius 1 is 1.58 bits per heavy atom. The van der Waals surface area contributed by atoms with Crippen LogP contribution in [0.15, 0.2) is 0 Å². The topological polar surface area (TPSA) is 40.6 Å². The van der Waals surface area contributed by atoms with E-state index in [-0.39, 0.29) is 18.2 Å². The zero-order chi connectivity index (χ0) is 9.14. The van der Waals surface area contributed by atoms with Crippen LogP contribution in [0.25, 0.3) is 0 Å². The first-order chi connectivity index (χ1) is 5.59. The first-order valence-electron chi connectivity index (χ1n) is 3.84. The molecule has 0 bridgehead atoms. The number of piperazine rings is 1. The van der Waals surface area contributed by atoms with Crippen molar-refractivity contribution in [3.05, 3.63) is 6.92 Å². The molecule has 2 radical (unpaired) electrons. The summed E-state index contributed by atoms with van der Waals surface area (Å²) in [6.07, 6.45) is 0. The van der Waals surface area contributed by atoms with Gasteiger partial charge in [0.15, 0.2) is 5.78 Å². The summed E-state index contributed by atoms with van der Waals surface area (Å²) in [6, 6.07) is 0. The molecule has 66 valence electrons. The molecule has 4 nitrogen and oxygen atoms in total. The molecule has 0 N–H and O–H groups in total. The highest BCUT2D eigenvalue weighted by atomic mass is 16.2. The summed E-state index contributed by atoms with van der Waals surface area (Å²) >= 11 is 0. The highest BCUT2D eigenvalue weighted by Gasteiger charge is 2.21. The maximum Gasteiger partial charge on any atom is 0.236 e. The van der Waals surface area contributed by atoms with E-state index >= 15 is 0 Å². The van der Waals surface area contributed by atoms with Gasteiger partial charge in [-0.2, -0.15) is 0 Å². The fourth-order valence-electron chi connectivity index (χ4n) is 1.16. The molecule has 0 aromatic carbocycles. The third-order valence-electron chi connectivity index (χ3n) is 1.92. The summed E-state index contributed by atoms with van der Waals surface area (Å²) in [4.78, 5) is 25.0. The molecule has 1 amide bonds. The Hall–Kier alpha value is -0.900. The minimum atomic E-state index is -0.382. The lowest BCUT2D eigenvalue weighted by Gasteiger charge is -2.30. The van der Waals surface area contributed by atoms with Gasteiger partial charge >= 0.3 is 0 Å². The molecule has 0 spiro atoms. The first-order valence-corrected chi connectivity index (χ1v) is 3.84. The summed E-state index contributed by atoms with van der Waals surface area (Å²) < 4.78 is 0. The maximum atomic E-state index is 11.1. The average molecular weight is 168 g/mol. The third kappa shape index (κ3) is 2.30. The van der Waals surface area contributed by atoms with E-state index in [1.807, 2.05) is 0 Å². The van der Waals surface area contributed by atoms with Crippen molar-refractivity contribution in [2.24, 2.45) is 0 Å². The number of rotatable bonds is 2. The van der Waals surface area contributed by atoms with Crippen LogP contribution in [0.2, 0.25) is 0 Å². The number of hydrogen-bond donors (Lipinski definition) is 0. The smallest absolute Gasteiger partial charge is 0.236 e. The van der Waals surface area contributed by atoms with Gasteiger partial charge in [0, 0.05) is 27.1 Å². The summed E-state index contributed by atoms with van der Waals surface area (Å²) in [7, 11) is 1.75. The summed E-state index contributed by atoms with van der Waals surface area (Å²) in [5.74, 6) is -0.338. The van der Waals surface area contributed by atoms with E-state index in [1.165, 1.54) is 0 Å². The van der Waals surface area contributed by atoms with Crippen molar-refractivity contribution < 1.29 is 9.59 Å². The van der Waals surface area contributed by atoms with Gasteiger partial charge < -0.3 is 4.90 Å². The van der Waals surface area contributed by atoms with Crippen LogP contribution < -0.4 is 0 Å². The molecule has 4 heteroatoms. The second kappa shape index (κ2) is 3.67. The van der Waals surface area contributed by atoms with E-state index in [4.69, 9.17) is 6.92 Å². The van der Waals surface area contributed by atoms with Crippen LogP contribution in [0.1, 0.15) is 0 Å². The van der Waals surface area contributed by atoms with Crippen LogP contribution in [0, 0.1) is 6.92 Å². The Balaban J connectivity index is 2.40. The fourth-order valence-corrected chi connectivity index (χ4v) is 1.16. The maximum absolute atomic E-state index is 11.1. The van der Waals surface area contributed by atoms with Gasteiger partial charge in [-0.05, 0) is 0 Å². The summed E-state index contributed by atoms with van der Waals surface area (Å²) in [5, 5.41) is 0. The zero-order valence-electron chi connectivity index (χ0n) is 7.12. The largest absolute Gasteiger partial charge is 0.343 e. The van der Waals surface area contributed by atoms with Crippen molar-refractivity contribution in [2.75, 3.05) is 33.2 Å². The van der Waals surface area contributed by atoms with E-state index < -0.39 is 0 Å². The predicted molar refractivity (Wildman–Crippen MR) is 43.4 cm³/mol. The van der Waals surface area contributed by atoms with Crippen molar-refractivity contribution in [2.45, 2.75) is 0 Å². The molecule has 1 heterocycles. The number of likely N-dealkylation sites (N-methyl/N-ethyl adjacent to an activating group) is 1. The Kier molecular flexibility index (Phi) is 2.81. The van der Waals surface area contributed by atoms with E-state index in [0.717, 1.165) is 6.54 Å². The van der Waals surface area contributed by atoms with Crippen LogP contribution in [-0.4, -0.2) is 54.7 Å². The second-order valence-electron chi connectivity index (χ2n) is 2.99. The molecule has 1 aliphatic heterocycles. The fraction of sp³-hybridized carbons (Fsp3) is 0.625. The molecule has 1 fully saturated rings. The molecular formula is C8H12N2O2. The van der Waals surface area contributed by atoms with Gasteiger partial charge in [-0.15, -0.1) is 0 Å². The van der Waals surface area contributed by atoms with Gasteiger partial charge in [-0.25, -0.2) is 0 Å². The van der Waals surface area contributed by atoms with Gasteiger partial charge in [-0.3, -0.25) is 14.5 Å².